The summed E-state index contributed by atoms with van der Waals surface area (Å²) in [6, 6.07) is 0. The van der Waals surface area contributed by atoms with Crippen molar-refractivity contribution in [1.82, 2.24) is 0 Å². The molecule has 0 unspecified atom stereocenters. The zero-order valence-corrected chi connectivity index (χ0v) is 4.92. The van der Waals surface area contributed by atoms with Gasteiger partial charge in [0.15, 0.2) is 0 Å². The second kappa shape index (κ2) is 2.37. The molecule has 0 amide bonds. The minimum atomic E-state index is -5.47. The van der Waals surface area contributed by atoms with Gasteiger partial charge in [0.05, 0.1) is 0 Å². The van der Waals surface area contributed by atoms with Gasteiger partial charge in [0.2, 0.25) is 0 Å². The quantitative estimate of drug-likeness (QED) is 0.393. The molecule has 0 aromatic heterocycles. The molecule has 0 fully saturated rings. The van der Waals surface area contributed by atoms with Crippen LogP contribution in [-0.2, 0) is 0 Å². The molecule has 0 nitrogen and oxygen atoms in total. The number of hydrogen-bond acceptors (Lipinski definition) is 0. The highest BCUT2D eigenvalue weighted by atomic mass is 35.5. The van der Waals surface area contributed by atoms with E-state index in [0.717, 1.165) is 0 Å². The zero-order chi connectivity index (χ0) is 5.91. The summed E-state index contributed by atoms with van der Waals surface area (Å²) in [5, 5.41) is 0. The first kappa shape index (κ1) is 7.04. The van der Waals surface area contributed by atoms with Gasteiger partial charge >= 0.3 is 9.08 Å². The van der Waals surface area contributed by atoms with Crippen molar-refractivity contribution in [2.24, 2.45) is 0 Å². The fraction of sp³-hybridized carbons (Fsp3) is 0. The van der Waals surface area contributed by atoms with E-state index in [0.29, 0.717) is 5.54 Å². The van der Waals surface area contributed by atoms with E-state index in [1.165, 1.54) is 0 Å². The summed E-state index contributed by atoms with van der Waals surface area (Å²) in [7, 11) is -5.47. The highest BCUT2D eigenvalue weighted by Crippen LogP contribution is 2.09. The fourth-order valence-corrected chi connectivity index (χ4v) is 0.643. The van der Waals surface area contributed by atoms with Gasteiger partial charge in [0, 0.05) is 11.2 Å². The smallest absolute Gasteiger partial charge is 0.234 e. The van der Waals surface area contributed by atoms with Crippen LogP contribution in [0.5, 0.6) is 0 Å². The summed E-state index contributed by atoms with van der Waals surface area (Å²) in [6.07, 6.45) is 0. The largest absolute Gasteiger partial charge is 0.646 e. The first-order valence-electron chi connectivity index (χ1n) is 1.41. The summed E-state index contributed by atoms with van der Waals surface area (Å²) in [6.45, 7) is 0. The van der Waals surface area contributed by atoms with Crippen molar-refractivity contribution in [3.05, 3.63) is 11.2 Å². The molecule has 0 aromatic rings. The monoisotopic (exact) mass is 146 g/mol. The summed E-state index contributed by atoms with van der Waals surface area (Å²) >= 11 is 4.62. The maximum absolute atomic E-state index is 11.0. The van der Waals surface area contributed by atoms with E-state index < -0.39 is 9.08 Å². The topological polar surface area (TPSA) is 0 Å². The van der Waals surface area contributed by atoms with E-state index in [1.807, 2.05) is 0 Å². The molecular weight excluding hydrogens is 145 g/mol. The van der Waals surface area contributed by atoms with Crippen LogP contribution in [0, 0.1) is 0 Å². The van der Waals surface area contributed by atoms with Gasteiger partial charge in [-0.05, 0) is 0 Å². The molecule has 0 aliphatic carbocycles. The first-order chi connectivity index (χ1) is 3.06. The molecule has 0 saturated carbocycles. The highest BCUT2D eigenvalue weighted by Gasteiger charge is 2.32. The summed E-state index contributed by atoms with van der Waals surface area (Å²) < 4.78 is 33.1. The van der Waals surface area contributed by atoms with E-state index in [1.54, 1.807) is 0 Å². The molecule has 0 saturated heterocycles. The van der Waals surface area contributed by atoms with E-state index in [4.69, 9.17) is 0 Å². The van der Waals surface area contributed by atoms with Crippen molar-refractivity contribution >= 4 is 20.7 Å². The third kappa shape index (κ3) is 6.04. The molecule has 5 heteroatoms. The predicted molar refractivity (Wildman–Crippen MR) is 24.1 cm³/mol. The van der Waals surface area contributed by atoms with Crippen molar-refractivity contribution in [3.63, 3.8) is 0 Å². The molecule has 0 rings (SSSR count). The molecular formula is C2H2ClF3Si. The van der Waals surface area contributed by atoms with Gasteiger partial charge < -0.3 is 0 Å². The first-order valence-corrected chi connectivity index (χ1v) is 3.55. The average Bonchev–Trinajstić information content (AvgIpc) is 1.30. The van der Waals surface area contributed by atoms with E-state index in [9.17, 15) is 12.3 Å². The normalized spacial score (nSPS) is 13.1. The second-order valence-electron chi connectivity index (χ2n) is 0.834. The van der Waals surface area contributed by atoms with Gasteiger partial charge in [0.1, 0.15) is 0 Å². The van der Waals surface area contributed by atoms with Crippen LogP contribution in [0.15, 0.2) is 11.2 Å². The Hall–Kier alpha value is 0.0369. The molecule has 0 atom stereocenters. The summed E-state index contributed by atoms with van der Waals surface area (Å²) in [5.74, 6) is 0. The van der Waals surface area contributed by atoms with E-state index in [2.05, 4.69) is 11.6 Å². The summed E-state index contributed by atoms with van der Waals surface area (Å²) in [4.78, 5) is 0. The SMILES string of the molecule is F[Si](F)(F)/C=C/Cl. The van der Waals surface area contributed by atoms with Gasteiger partial charge in [0.25, 0.3) is 0 Å². The van der Waals surface area contributed by atoms with E-state index >= 15 is 0 Å². The zero-order valence-electron chi connectivity index (χ0n) is 3.17. The molecule has 7 heavy (non-hydrogen) atoms. The van der Waals surface area contributed by atoms with Crippen LogP contribution < -0.4 is 0 Å². The number of rotatable bonds is 1. The maximum Gasteiger partial charge on any atom is 0.646 e. The Labute approximate surface area is 45.1 Å². The van der Waals surface area contributed by atoms with Crippen LogP contribution in [0.1, 0.15) is 0 Å². The molecule has 0 aliphatic rings. The van der Waals surface area contributed by atoms with Gasteiger partial charge in [-0.25, -0.2) is 12.3 Å². The van der Waals surface area contributed by atoms with Crippen LogP contribution >= 0.6 is 11.6 Å². The Morgan fingerprint density at radius 3 is 1.71 bits per heavy atom. The maximum atomic E-state index is 11.0. The minimum Gasteiger partial charge on any atom is -0.234 e. The lowest BCUT2D eigenvalue weighted by molar-refractivity contribution is 0.499. The molecule has 0 bridgehead atoms. The Morgan fingerprint density at radius 2 is 1.71 bits per heavy atom. The number of hydrogen-bond donors (Lipinski definition) is 0. The fourth-order valence-electron chi connectivity index (χ4n) is 0.0714. The van der Waals surface area contributed by atoms with Crippen LogP contribution in [0.3, 0.4) is 0 Å². The Balaban J connectivity index is 3.56. The van der Waals surface area contributed by atoms with Crippen LogP contribution in [-0.4, -0.2) is 9.08 Å². The Kier molecular flexibility index (Phi) is 2.38. The van der Waals surface area contributed by atoms with Crippen molar-refractivity contribution in [3.8, 4) is 0 Å². The molecule has 0 radical (unpaired) electrons. The van der Waals surface area contributed by atoms with Crippen molar-refractivity contribution in [2.75, 3.05) is 0 Å². The van der Waals surface area contributed by atoms with Crippen LogP contribution in [0.4, 0.5) is 12.3 Å². The Morgan fingerprint density at radius 1 is 1.29 bits per heavy atom. The predicted octanol–water partition coefficient (Wildman–Crippen LogP) is 2.13. The standard InChI is InChI=1S/C2H2ClF3Si/c3-1-2-7(4,5)6/h1-2H/b2-1+. The van der Waals surface area contributed by atoms with Crippen molar-refractivity contribution in [2.45, 2.75) is 0 Å². The minimum absolute atomic E-state index is 0.0918. The van der Waals surface area contributed by atoms with Gasteiger partial charge in [-0.3, -0.25) is 0 Å². The van der Waals surface area contributed by atoms with Crippen LogP contribution in [0.25, 0.3) is 0 Å². The lowest BCUT2D eigenvalue weighted by Crippen LogP contribution is -2.08. The third-order valence-electron chi connectivity index (χ3n) is 0.252. The lowest BCUT2D eigenvalue weighted by atomic mass is 11.3. The van der Waals surface area contributed by atoms with Crippen molar-refractivity contribution < 1.29 is 12.3 Å². The molecule has 0 aromatic carbocycles. The highest BCUT2D eigenvalue weighted by molar-refractivity contribution is 6.65. The van der Waals surface area contributed by atoms with E-state index in [-0.39, 0.29) is 5.70 Å². The third-order valence-corrected chi connectivity index (χ3v) is 1.13. The molecule has 0 aliphatic heterocycles. The average molecular weight is 147 g/mol. The second-order valence-corrected chi connectivity index (χ2v) is 2.50. The molecule has 0 N–H and O–H groups in total. The number of halogens is 4. The molecule has 42 valence electrons. The van der Waals surface area contributed by atoms with Gasteiger partial charge in [-0.1, -0.05) is 11.6 Å². The van der Waals surface area contributed by atoms with Gasteiger partial charge in [-0.2, -0.15) is 0 Å². The van der Waals surface area contributed by atoms with Gasteiger partial charge in [-0.15, -0.1) is 0 Å². The molecule has 0 heterocycles. The van der Waals surface area contributed by atoms with Crippen molar-refractivity contribution in [1.29, 1.82) is 0 Å². The molecule has 0 spiro atoms. The summed E-state index contributed by atoms with van der Waals surface area (Å²) in [5.41, 5.74) is 0.584. The van der Waals surface area contributed by atoms with Crippen LogP contribution in [0.2, 0.25) is 0 Å². The lowest BCUT2D eigenvalue weighted by Gasteiger charge is -1.86. The Bertz CT molecular complexity index is 75.5.